The number of aromatic nitrogens is 1. The summed E-state index contributed by atoms with van der Waals surface area (Å²) in [6.07, 6.45) is 4.55. The Morgan fingerprint density at radius 3 is 2.94 bits per heavy atom. The summed E-state index contributed by atoms with van der Waals surface area (Å²) in [5.74, 6) is 2.28. The van der Waals surface area contributed by atoms with E-state index < -0.39 is 0 Å². The fourth-order valence-electron chi connectivity index (χ4n) is 2.55. The number of hydrogen-bond acceptors (Lipinski definition) is 5. The molecule has 2 aliphatic rings. The topological polar surface area (TPSA) is 69.7 Å². The van der Waals surface area contributed by atoms with Crippen molar-refractivity contribution in [2.75, 3.05) is 19.7 Å². The van der Waals surface area contributed by atoms with Crippen LogP contribution in [-0.4, -0.2) is 45.9 Å². The Kier molecular flexibility index (Phi) is 3.37. The number of piperidine rings is 1. The molecule has 2 fully saturated rings. The van der Waals surface area contributed by atoms with Crippen LogP contribution < -0.4 is 0 Å². The first-order valence-corrected chi connectivity index (χ1v) is 6.72. The Morgan fingerprint density at radius 1 is 1.39 bits per heavy atom. The molecule has 0 amide bonds. The van der Waals surface area contributed by atoms with Crippen molar-refractivity contribution in [1.29, 1.82) is 0 Å². The van der Waals surface area contributed by atoms with E-state index in [1.54, 1.807) is 0 Å². The molecule has 5 heteroatoms. The van der Waals surface area contributed by atoms with Crippen LogP contribution >= 0.6 is 0 Å². The zero-order valence-electron chi connectivity index (χ0n) is 10.5. The van der Waals surface area contributed by atoms with Crippen LogP contribution in [0.4, 0.5) is 0 Å². The number of aliphatic hydroxyl groups excluding tert-OH is 2. The Balaban J connectivity index is 1.58. The van der Waals surface area contributed by atoms with Gasteiger partial charge in [-0.15, -0.1) is 0 Å². The van der Waals surface area contributed by atoms with E-state index in [1.165, 1.54) is 12.8 Å². The monoisotopic (exact) mass is 252 g/mol. The van der Waals surface area contributed by atoms with E-state index >= 15 is 0 Å². The molecule has 2 unspecified atom stereocenters. The van der Waals surface area contributed by atoms with Gasteiger partial charge < -0.3 is 14.6 Å². The smallest absolute Gasteiger partial charge is 0.197 e. The van der Waals surface area contributed by atoms with Crippen LogP contribution in [0.5, 0.6) is 0 Å². The molecule has 1 aliphatic carbocycles. The molecule has 1 saturated carbocycles. The molecule has 5 nitrogen and oxygen atoms in total. The van der Waals surface area contributed by atoms with Gasteiger partial charge in [-0.2, -0.15) is 0 Å². The number of likely N-dealkylation sites (tertiary alicyclic amines) is 1. The molecule has 100 valence electrons. The average molecular weight is 252 g/mol. The summed E-state index contributed by atoms with van der Waals surface area (Å²) in [6, 6.07) is 0. The summed E-state index contributed by atoms with van der Waals surface area (Å²) < 4.78 is 5.73. The van der Waals surface area contributed by atoms with Gasteiger partial charge in [-0.05, 0) is 19.3 Å². The van der Waals surface area contributed by atoms with Crippen molar-refractivity contribution in [3.05, 3.63) is 17.8 Å². The van der Waals surface area contributed by atoms with Crippen molar-refractivity contribution in [3.8, 4) is 0 Å². The highest BCUT2D eigenvalue weighted by Crippen LogP contribution is 2.39. The van der Waals surface area contributed by atoms with E-state index in [2.05, 4.69) is 9.88 Å². The quantitative estimate of drug-likeness (QED) is 0.826. The third kappa shape index (κ3) is 2.58. The fraction of sp³-hybridized carbons (Fsp3) is 0.769. The minimum absolute atomic E-state index is 0.0374. The van der Waals surface area contributed by atoms with Crippen molar-refractivity contribution < 1.29 is 14.6 Å². The van der Waals surface area contributed by atoms with Crippen LogP contribution in [0.15, 0.2) is 10.6 Å². The molecule has 2 N–H and O–H groups in total. The van der Waals surface area contributed by atoms with E-state index in [9.17, 15) is 10.2 Å². The van der Waals surface area contributed by atoms with Crippen LogP contribution in [0.1, 0.15) is 36.8 Å². The highest BCUT2D eigenvalue weighted by atomic mass is 16.4. The lowest BCUT2D eigenvalue weighted by Crippen LogP contribution is -2.44. The molecule has 0 aromatic carbocycles. The first-order valence-electron chi connectivity index (χ1n) is 6.72. The molecule has 1 aliphatic heterocycles. The van der Waals surface area contributed by atoms with E-state index in [0.717, 1.165) is 37.7 Å². The number of oxazole rings is 1. The zero-order chi connectivity index (χ0) is 12.5. The van der Waals surface area contributed by atoms with Crippen molar-refractivity contribution >= 4 is 0 Å². The molecule has 3 rings (SSSR count). The first kappa shape index (κ1) is 12.1. The van der Waals surface area contributed by atoms with Crippen LogP contribution in [-0.2, 0) is 6.54 Å². The molecule has 0 spiro atoms. The second-order valence-electron chi connectivity index (χ2n) is 5.47. The molecule has 18 heavy (non-hydrogen) atoms. The summed E-state index contributed by atoms with van der Waals surface area (Å²) in [4.78, 5) is 6.52. The minimum atomic E-state index is -0.372. The lowest BCUT2D eigenvalue weighted by molar-refractivity contribution is -0.00384. The normalized spacial score (nSPS) is 29.7. The molecular formula is C13H20N2O3. The van der Waals surface area contributed by atoms with E-state index in [-0.39, 0.29) is 18.6 Å². The van der Waals surface area contributed by atoms with Gasteiger partial charge in [-0.1, -0.05) is 0 Å². The number of hydrogen-bond donors (Lipinski definition) is 2. The lowest BCUT2D eigenvalue weighted by atomic mass is 9.95. The summed E-state index contributed by atoms with van der Waals surface area (Å²) in [5.41, 5.74) is 0. The summed E-state index contributed by atoms with van der Waals surface area (Å²) >= 11 is 0. The van der Waals surface area contributed by atoms with Crippen molar-refractivity contribution in [3.63, 3.8) is 0 Å². The van der Waals surface area contributed by atoms with Gasteiger partial charge in [0.15, 0.2) is 5.89 Å². The van der Waals surface area contributed by atoms with Crippen molar-refractivity contribution in [2.45, 2.75) is 37.8 Å². The Bertz CT molecular complexity index is 403. The fourth-order valence-corrected chi connectivity index (χ4v) is 2.55. The third-order valence-electron chi connectivity index (χ3n) is 3.89. The molecule has 1 aromatic rings. The first-order chi connectivity index (χ1) is 8.76. The van der Waals surface area contributed by atoms with Gasteiger partial charge in [0.1, 0.15) is 5.76 Å². The number of nitrogens with zero attached hydrogens (tertiary/aromatic N) is 2. The SMILES string of the molecule is OCC1CN(Cc2cnc(C3CC3)o2)CCC1O. The van der Waals surface area contributed by atoms with Crippen molar-refractivity contribution in [1.82, 2.24) is 9.88 Å². The largest absolute Gasteiger partial charge is 0.444 e. The van der Waals surface area contributed by atoms with Gasteiger partial charge in [-0.3, -0.25) is 4.90 Å². The van der Waals surface area contributed by atoms with Gasteiger partial charge >= 0.3 is 0 Å². The Morgan fingerprint density at radius 2 is 2.22 bits per heavy atom. The maximum Gasteiger partial charge on any atom is 0.197 e. The Hall–Kier alpha value is -0.910. The van der Waals surface area contributed by atoms with Gasteiger partial charge in [-0.25, -0.2) is 4.98 Å². The number of rotatable bonds is 4. The summed E-state index contributed by atoms with van der Waals surface area (Å²) in [5, 5.41) is 18.9. The zero-order valence-corrected chi connectivity index (χ0v) is 10.5. The summed E-state index contributed by atoms with van der Waals surface area (Å²) in [7, 11) is 0. The number of aliphatic hydroxyl groups is 2. The molecular weight excluding hydrogens is 232 g/mol. The highest BCUT2D eigenvalue weighted by Gasteiger charge is 2.30. The maximum absolute atomic E-state index is 9.72. The molecule has 2 atom stereocenters. The van der Waals surface area contributed by atoms with Gasteiger partial charge in [0, 0.05) is 31.5 Å². The van der Waals surface area contributed by atoms with Crippen LogP contribution in [0.2, 0.25) is 0 Å². The maximum atomic E-state index is 9.72. The molecule has 0 radical (unpaired) electrons. The minimum Gasteiger partial charge on any atom is -0.444 e. The van der Waals surface area contributed by atoms with E-state index in [4.69, 9.17) is 4.42 Å². The predicted octanol–water partition coefficient (Wildman–Crippen LogP) is 0.727. The van der Waals surface area contributed by atoms with E-state index in [0.29, 0.717) is 5.92 Å². The standard InChI is InChI=1S/C13H20N2O3/c16-8-10-6-15(4-3-12(10)17)7-11-5-14-13(18-11)9-1-2-9/h5,9-10,12,16-17H,1-4,6-8H2. The second kappa shape index (κ2) is 4.99. The van der Waals surface area contributed by atoms with Gasteiger partial charge in [0.25, 0.3) is 0 Å². The van der Waals surface area contributed by atoms with Crippen LogP contribution in [0.25, 0.3) is 0 Å². The van der Waals surface area contributed by atoms with Gasteiger partial charge in [0.05, 0.1) is 18.8 Å². The summed E-state index contributed by atoms with van der Waals surface area (Å²) in [6.45, 7) is 2.33. The van der Waals surface area contributed by atoms with Crippen molar-refractivity contribution in [2.24, 2.45) is 5.92 Å². The second-order valence-corrected chi connectivity index (χ2v) is 5.47. The molecule has 1 aromatic heterocycles. The van der Waals surface area contributed by atoms with Crippen LogP contribution in [0, 0.1) is 5.92 Å². The molecule has 1 saturated heterocycles. The van der Waals surface area contributed by atoms with Crippen LogP contribution in [0.3, 0.4) is 0 Å². The highest BCUT2D eigenvalue weighted by molar-refractivity contribution is 5.05. The average Bonchev–Trinajstić information content (AvgIpc) is 3.13. The van der Waals surface area contributed by atoms with Gasteiger partial charge in [0.2, 0.25) is 0 Å². The predicted molar refractivity (Wildman–Crippen MR) is 65.0 cm³/mol. The molecule has 0 bridgehead atoms. The molecule has 2 heterocycles. The third-order valence-corrected chi connectivity index (χ3v) is 3.89. The lowest BCUT2D eigenvalue weighted by Gasteiger charge is -2.34. The Labute approximate surface area is 106 Å². The van der Waals surface area contributed by atoms with E-state index in [1.807, 2.05) is 6.20 Å².